The molecule has 0 bridgehead atoms. The molecule has 1 heterocycles. The first-order valence-corrected chi connectivity index (χ1v) is 5.17. The number of aliphatic carboxylic acids is 1. The molecule has 1 fully saturated rings. The van der Waals surface area contributed by atoms with E-state index in [4.69, 9.17) is 5.11 Å². The highest BCUT2D eigenvalue weighted by Gasteiger charge is 2.29. The smallest absolute Gasteiger partial charge is 0.376 e. The number of carboxylic acid groups (broad SMARTS) is 1. The van der Waals surface area contributed by atoms with E-state index in [1.807, 2.05) is 4.81 Å². The Morgan fingerprint density at radius 1 is 1.50 bits per heavy atom. The second-order valence-electron chi connectivity index (χ2n) is 4.13. The van der Waals surface area contributed by atoms with Crippen molar-refractivity contribution < 1.29 is 14.9 Å². The third kappa shape index (κ3) is 2.72. The van der Waals surface area contributed by atoms with Gasteiger partial charge in [-0.1, -0.05) is 6.92 Å². The van der Waals surface area contributed by atoms with Crippen LogP contribution in [0.3, 0.4) is 0 Å². The largest absolute Gasteiger partial charge is 0.481 e. The van der Waals surface area contributed by atoms with Crippen molar-refractivity contribution in [3.8, 4) is 0 Å². The predicted molar refractivity (Wildman–Crippen MR) is 54.9 cm³/mol. The fourth-order valence-electron chi connectivity index (χ4n) is 1.99. The Hall–Kier alpha value is -0.545. The zero-order chi connectivity index (χ0) is 10.7. The molecule has 0 aliphatic carbocycles. The molecular weight excluding hydrogens is 181 g/mol. The van der Waals surface area contributed by atoms with Gasteiger partial charge in [0.2, 0.25) is 0 Å². The van der Waals surface area contributed by atoms with Crippen molar-refractivity contribution in [2.24, 2.45) is 11.8 Å². The summed E-state index contributed by atoms with van der Waals surface area (Å²) in [5.41, 5.74) is 0. The summed E-state index contributed by atoms with van der Waals surface area (Å²) >= 11 is 0. The number of piperidine rings is 1. The molecule has 0 spiro atoms. The number of hydrogen-bond donors (Lipinski definition) is 2. The quantitative estimate of drug-likeness (QED) is 0.651. The lowest BCUT2D eigenvalue weighted by Gasteiger charge is -2.34. The van der Waals surface area contributed by atoms with Gasteiger partial charge in [0.15, 0.2) is 0 Å². The van der Waals surface area contributed by atoms with E-state index in [2.05, 4.69) is 0 Å². The Morgan fingerprint density at radius 2 is 2.00 bits per heavy atom. The molecule has 5 heteroatoms. The van der Waals surface area contributed by atoms with E-state index in [-0.39, 0.29) is 11.8 Å². The molecule has 0 radical (unpaired) electrons. The van der Waals surface area contributed by atoms with Crippen LogP contribution in [0.4, 0.5) is 0 Å². The fourth-order valence-corrected chi connectivity index (χ4v) is 1.99. The van der Waals surface area contributed by atoms with Crippen LogP contribution < -0.4 is 0 Å². The average Bonchev–Trinajstić information content (AvgIpc) is 2.16. The maximum Gasteiger partial charge on any atom is 0.376 e. The summed E-state index contributed by atoms with van der Waals surface area (Å²) < 4.78 is 0. The number of carbonyl (C=O) groups is 1. The van der Waals surface area contributed by atoms with Crippen molar-refractivity contribution in [1.82, 2.24) is 4.81 Å². The van der Waals surface area contributed by atoms with Gasteiger partial charge < -0.3 is 14.9 Å². The molecule has 1 aliphatic rings. The van der Waals surface area contributed by atoms with Crippen LogP contribution in [0, 0.1) is 11.8 Å². The summed E-state index contributed by atoms with van der Waals surface area (Å²) in [5.74, 6) is -0.700. The molecule has 1 rings (SSSR count). The number of carboxylic acids is 1. The van der Waals surface area contributed by atoms with Crippen molar-refractivity contribution in [2.45, 2.75) is 26.6 Å². The van der Waals surface area contributed by atoms with Gasteiger partial charge in [-0.05, 0) is 38.7 Å². The summed E-state index contributed by atoms with van der Waals surface area (Å²) in [7, 11) is -0.406. The third-order valence-electron chi connectivity index (χ3n) is 3.20. The molecule has 0 aromatic rings. The molecule has 1 aliphatic heterocycles. The standard InChI is InChI=1S/C9H18BNO3/c1-7(9(12)13)8-3-5-11(6-4-8)10(2)14/h7-8,14H,3-6H2,1-2H3,(H,12,13). The molecule has 14 heavy (non-hydrogen) atoms. The molecule has 2 N–H and O–H groups in total. The van der Waals surface area contributed by atoms with Gasteiger partial charge in [-0.15, -0.1) is 0 Å². The van der Waals surface area contributed by atoms with Crippen LogP contribution in [-0.2, 0) is 4.79 Å². The van der Waals surface area contributed by atoms with E-state index in [1.165, 1.54) is 0 Å². The molecule has 1 atom stereocenters. The first-order valence-electron chi connectivity index (χ1n) is 5.17. The summed E-state index contributed by atoms with van der Waals surface area (Å²) in [4.78, 5) is 12.7. The first-order chi connectivity index (χ1) is 6.52. The molecule has 4 nitrogen and oxygen atoms in total. The second-order valence-corrected chi connectivity index (χ2v) is 4.13. The summed E-state index contributed by atoms with van der Waals surface area (Å²) in [6, 6.07) is 0. The minimum absolute atomic E-state index is 0.258. The topological polar surface area (TPSA) is 60.8 Å². The van der Waals surface area contributed by atoms with Gasteiger partial charge in [0.05, 0.1) is 5.92 Å². The molecule has 0 saturated carbocycles. The minimum Gasteiger partial charge on any atom is -0.481 e. The average molecular weight is 199 g/mol. The van der Waals surface area contributed by atoms with Crippen molar-refractivity contribution in [1.29, 1.82) is 0 Å². The van der Waals surface area contributed by atoms with Gasteiger partial charge >= 0.3 is 13.0 Å². The van der Waals surface area contributed by atoms with Crippen LogP contribution in [0.2, 0.25) is 6.82 Å². The van der Waals surface area contributed by atoms with E-state index in [0.29, 0.717) is 0 Å². The number of rotatable bonds is 3. The lowest BCUT2D eigenvalue weighted by atomic mass is 9.78. The third-order valence-corrected chi connectivity index (χ3v) is 3.20. The van der Waals surface area contributed by atoms with Gasteiger partial charge in [-0.3, -0.25) is 4.79 Å². The fraction of sp³-hybridized carbons (Fsp3) is 0.889. The van der Waals surface area contributed by atoms with E-state index in [1.54, 1.807) is 13.7 Å². The lowest BCUT2D eigenvalue weighted by molar-refractivity contribution is -0.143. The van der Waals surface area contributed by atoms with Crippen LogP contribution >= 0.6 is 0 Å². The monoisotopic (exact) mass is 199 g/mol. The van der Waals surface area contributed by atoms with Gasteiger partial charge in [-0.2, -0.15) is 0 Å². The molecular formula is C9H18BNO3. The second kappa shape index (κ2) is 4.80. The Kier molecular flexibility index (Phi) is 3.95. The predicted octanol–water partition coefficient (Wildman–Crippen LogP) is 0.529. The number of hydrogen-bond acceptors (Lipinski definition) is 3. The zero-order valence-electron chi connectivity index (χ0n) is 8.81. The van der Waals surface area contributed by atoms with Crippen LogP contribution in [0.5, 0.6) is 0 Å². The highest BCUT2D eigenvalue weighted by molar-refractivity contribution is 6.45. The normalized spacial score (nSPS) is 21.9. The highest BCUT2D eigenvalue weighted by atomic mass is 16.4. The Balaban J connectivity index is 2.39. The van der Waals surface area contributed by atoms with E-state index < -0.39 is 13.0 Å². The summed E-state index contributed by atoms with van der Waals surface area (Å²) in [5, 5.41) is 18.2. The molecule has 80 valence electrons. The molecule has 0 aromatic heterocycles. The van der Waals surface area contributed by atoms with Gasteiger partial charge in [0.25, 0.3) is 0 Å². The van der Waals surface area contributed by atoms with Gasteiger partial charge in [0.1, 0.15) is 0 Å². The summed E-state index contributed by atoms with van der Waals surface area (Å²) in [6.45, 7) is 5.13. The van der Waals surface area contributed by atoms with E-state index in [0.717, 1.165) is 25.9 Å². The molecule has 0 amide bonds. The van der Waals surface area contributed by atoms with Crippen molar-refractivity contribution in [3.63, 3.8) is 0 Å². The maximum atomic E-state index is 10.8. The summed E-state index contributed by atoms with van der Waals surface area (Å²) in [6.07, 6.45) is 1.75. The molecule has 1 saturated heterocycles. The SMILES string of the molecule is CB(O)N1CCC(C(C)C(=O)O)CC1. The Bertz CT molecular complexity index is 202. The van der Waals surface area contributed by atoms with Gasteiger partial charge in [-0.25, -0.2) is 0 Å². The zero-order valence-corrected chi connectivity index (χ0v) is 8.81. The van der Waals surface area contributed by atoms with Crippen molar-refractivity contribution in [3.05, 3.63) is 0 Å². The van der Waals surface area contributed by atoms with E-state index in [9.17, 15) is 9.82 Å². The number of nitrogens with zero attached hydrogens (tertiary/aromatic N) is 1. The van der Waals surface area contributed by atoms with Crippen molar-refractivity contribution >= 4 is 13.0 Å². The molecule has 0 aromatic carbocycles. The van der Waals surface area contributed by atoms with Crippen LogP contribution in [0.1, 0.15) is 19.8 Å². The maximum absolute atomic E-state index is 10.8. The van der Waals surface area contributed by atoms with Crippen molar-refractivity contribution in [2.75, 3.05) is 13.1 Å². The van der Waals surface area contributed by atoms with Crippen LogP contribution in [0.15, 0.2) is 0 Å². The lowest BCUT2D eigenvalue weighted by Crippen LogP contribution is -2.44. The first kappa shape index (κ1) is 11.5. The minimum atomic E-state index is -0.708. The van der Waals surface area contributed by atoms with E-state index >= 15 is 0 Å². The Morgan fingerprint density at radius 3 is 2.36 bits per heavy atom. The molecule has 1 unspecified atom stereocenters. The van der Waals surface area contributed by atoms with Gasteiger partial charge in [0, 0.05) is 0 Å². The van der Waals surface area contributed by atoms with Crippen LogP contribution in [-0.4, -0.2) is 41.1 Å². The van der Waals surface area contributed by atoms with Crippen LogP contribution in [0.25, 0.3) is 0 Å². The Labute approximate surface area is 85.0 Å². The highest BCUT2D eigenvalue weighted by Crippen LogP contribution is 2.25.